The van der Waals surface area contributed by atoms with Crippen LogP contribution in [0, 0.1) is 5.92 Å². The van der Waals surface area contributed by atoms with Gasteiger partial charge in [0.1, 0.15) is 0 Å². The molecule has 1 aliphatic carbocycles. The van der Waals surface area contributed by atoms with Gasteiger partial charge in [-0.3, -0.25) is 4.79 Å². The lowest BCUT2D eigenvalue weighted by Crippen LogP contribution is -2.39. The van der Waals surface area contributed by atoms with Crippen LogP contribution in [0.2, 0.25) is 0 Å². The summed E-state index contributed by atoms with van der Waals surface area (Å²) in [6.07, 6.45) is 1.78. The van der Waals surface area contributed by atoms with Gasteiger partial charge < -0.3 is 4.74 Å². The summed E-state index contributed by atoms with van der Waals surface area (Å²) >= 11 is 3.38. The van der Waals surface area contributed by atoms with Crippen molar-refractivity contribution in [1.82, 2.24) is 4.72 Å². The van der Waals surface area contributed by atoms with Crippen LogP contribution in [0.15, 0.2) is 28.7 Å². The molecule has 0 aliphatic heterocycles. The van der Waals surface area contributed by atoms with Crippen LogP contribution in [0.25, 0.3) is 0 Å². The predicted octanol–water partition coefficient (Wildman–Crippen LogP) is 2.21. The molecule has 1 aromatic carbocycles. The van der Waals surface area contributed by atoms with Gasteiger partial charge >= 0.3 is 5.97 Å². The number of esters is 1. The van der Waals surface area contributed by atoms with Gasteiger partial charge in [-0.25, -0.2) is 13.1 Å². The maximum atomic E-state index is 12.4. The summed E-state index contributed by atoms with van der Waals surface area (Å²) in [5.41, 5.74) is 0.855. The molecule has 21 heavy (non-hydrogen) atoms. The third kappa shape index (κ3) is 3.84. The van der Waals surface area contributed by atoms with Crippen molar-refractivity contribution in [3.63, 3.8) is 0 Å². The molecule has 0 saturated heterocycles. The molecule has 7 heteroatoms. The highest BCUT2D eigenvalue weighted by Crippen LogP contribution is 2.31. The van der Waals surface area contributed by atoms with E-state index >= 15 is 0 Å². The molecule has 2 atom stereocenters. The van der Waals surface area contributed by atoms with E-state index in [1.807, 2.05) is 24.3 Å². The second kappa shape index (κ2) is 6.89. The van der Waals surface area contributed by atoms with Crippen molar-refractivity contribution in [2.45, 2.75) is 31.1 Å². The fourth-order valence-electron chi connectivity index (χ4n) is 2.65. The van der Waals surface area contributed by atoms with Gasteiger partial charge in [-0.2, -0.15) is 0 Å². The molecule has 5 nitrogen and oxygen atoms in total. The van der Waals surface area contributed by atoms with Crippen molar-refractivity contribution < 1.29 is 17.9 Å². The Morgan fingerprint density at radius 3 is 2.76 bits per heavy atom. The molecule has 1 saturated carbocycles. The van der Waals surface area contributed by atoms with Gasteiger partial charge in [0.2, 0.25) is 10.0 Å². The first-order valence-electron chi connectivity index (χ1n) is 6.75. The highest BCUT2D eigenvalue weighted by molar-refractivity contribution is 9.10. The summed E-state index contributed by atoms with van der Waals surface area (Å²) in [5, 5.41) is -0.701. The van der Waals surface area contributed by atoms with Crippen molar-refractivity contribution in [3.8, 4) is 0 Å². The summed E-state index contributed by atoms with van der Waals surface area (Å²) in [7, 11) is -2.26. The van der Waals surface area contributed by atoms with Crippen LogP contribution in [0.4, 0.5) is 0 Å². The number of carbonyl (C=O) groups excluding carboxylic acids is 1. The molecule has 1 aliphatic rings. The van der Waals surface area contributed by atoms with E-state index < -0.39 is 27.2 Å². The first kappa shape index (κ1) is 16.5. The first-order chi connectivity index (χ1) is 9.95. The Kier molecular flexibility index (Phi) is 5.40. The molecule has 116 valence electrons. The molecule has 0 heterocycles. The smallest absolute Gasteiger partial charge is 0.310 e. The standard InChI is InChI=1S/C14H18BrNO4S/c1-20-14(17)11-6-4-8-13(11)21(18,19)16-9-10-5-2-3-7-12(10)15/h2-3,5,7,11,13,16H,4,6,8-9H2,1H3. The van der Waals surface area contributed by atoms with Gasteiger partial charge in [-0.1, -0.05) is 40.5 Å². The minimum absolute atomic E-state index is 0.203. The van der Waals surface area contributed by atoms with E-state index in [1.54, 1.807) is 0 Å². The van der Waals surface area contributed by atoms with Crippen molar-refractivity contribution in [2.75, 3.05) is 7.11 Å². The molecule has 2 unspecified atom stereocenters. The van der Waals surface area contributed by atoms with Crippen LogP contribution in [0.3, 0.4) is 0 Å². The quantitative estimate of drug-likeness (QED) is 0.800. The number of methoxy groups -OCH3 is 1. The number of hydrogen-bond acceptors (Lipinski definition) is 4. The Morgan fingerprint density at radius 1 is 1.38 bits per heavy atom. The van der Waals surface area contributed by atoms with E-state index in [1.165, 1.54) is 7.11 Å². The van der Waals surface area contributed by atoms with Gasteiger partial charge in [0, 0.05) is 11.0 Å². The zero-order chi connectivity index (χ0) is 15.5. The fraction of sp³-hybridized carbons (Fsp3) is 0.500. The molecule has 1 aromatic rings. The minimum atomic E-state index is -3.55. The van der Waals surface area contributed by atoms with Gasteiger partial charge in [0.05, 0.1) is 18.3 Å². The third-order valence-corrected chi connectivity index (χ3v) is 6.46. The topological polar surface area (TPSA) is 72.5 Å². The van der Waals surface area contributed by atoms with Crippen LogP contribution in [-0.4, -0.2) is 26.7 Å². The number of rotatable bonds is 5. The van der Waals surface area contributed by atoms with Crippen LogP contribution in [0.1, 0.15) is 24.8 Å². The van der Waals surface area contributed by atoms with Crippen LogP contribution in [-0.2, 0) is 26.1 Å². The summed E-state index contributed by atoms with van der Waals surface area (Å²) in [4.78, 5) is 11.7. The maximum absolute atomic E-state index is 12.4. The number of nitrogens with one attached hydrogen (secondary N) is 1. The van der Waals surface area contributed by atoms with E-state index in [0.717, 1.165) is 16.5 Å². The van der Waals surface area contributed by atoms with Gasteiger partial charge in [0.15, 0.2) is 0 Å². The second-order valence-electron chi connectivity index (χ2n) is 5.06. The van der Waals surface area contributed by atoms with E-state index in [9.17, 15) is 13.2 Å². The summed E-state index contributed by atoms with van der Waals surface area (Å²) in [6, 6.07) is 7.42. The van der Waals surface area contributed by atoms with Gasteiger partial charge in [-0.15, -0.1) is 0 Å². The molecule has 0 spiro atoms. The summed E-state index contributed by atoms with van der Waals surface area (Å²) in [6.45, 7) is 0.203. The average Bonchev–Trinajstić information content (AvgIpc) is 2.96. The number of sulfonamides is 1. The number of halogens is 1. The molecule has 2 rings (SSSR count). The van der Waals surface area contributed by atoms with E-state index in [2.05, 4.69) is 20.7 Å². The summed E-state index contributed by atoms with van der Waals surface area (Å²) in [5.74, 6) is -1.00. The monoisotopic (exact) mass is 375 g/mol. The highest BCUT2D eigenvalue weighted by atomic mass is 79.9. The number of hydrogen-bond donors (Lipinski definition) is 1. The Hall–Kier alpha value is -0.920. The zero-order valence-corrected chi connectivity index (χ0v) is 14.1. The highest BCUT2D eigenvalue weighted by Gasteiger charge is 2.42. The van der Waals surface area contributed by atoms with E-state index in [-0.39, 0.29) is 6.54 Å². The molecule has 0 bridgehead atoms. The van der Waals surface area contributed by atoms with E-state index in [4.69, 9.17) is 4.74 Å². The predicted molar refractivity (Wildman–Crippen MR) is 83.0 cm³/mol. The van der Waals surface area contributed by atoms with Crippen LogP contribution < -0.4 is 4.72 Å². The van der Waals surface area contributed by atoms with Gasteiger partial charge in [-0.05, 0) is 24.5 Å². The molecule has 0 amide bonds. The maximum Gasteiger partial charge on any atom is 0.310 e. The second-order valence-corrected chi connectivity index (χ2v) is 7.90. The van der Waals surface area contributed by atoms with Crippen molar-refractivity contribution in [2.24, 2.45) is 5.92 Å². The largest absolute Gasteiger partial charge is 0.469 e. The molecule has 0 radical (unpaired) electrons. The molecule has 1 N–H and O–H groups in total. The lowest BCUT2D eigenvalue weighted by molar-refractivity contribution is -0.145. The minimum Gasteiger partial charge on any atom is -0.469 e. The Bertz CT molecular complexity index is 617. The number of ether oxygens (including phenoxy) is 1. The normalized spacial score (nSPS) is 22.2. The number of benzene rings is 1. The molecule has 1 fully saturated rings. The molecular weight excluding hydrogens is 358 g/mol. The Morgan fingerprint density at radius 2 is 2.10 bits per heavy atom. The zero-order valence-electron chi connectivity index (χ0n) is 11.7. The molecular formula is C14H18BrNO4S. The van der Waals surface area contributed by atoms with Crippen LogP contribution >= 0.6 is 15.9 Å². The number of carbonyl (C=O) groups is 1. The lowest BCUT2D eigenvalue weighted by Gasteiger charge is -2.18. The third-order valence-electron chi connectivity index (χ3n) is 3.78. The average molecular weight is 376 g/mol. The van der Waals surface area contributed by atoms with Crippen molar-refractivity contribution in [1.29, 1.82) is 0 Å². The Balaban J connectivity index is 2.08. The fourth-order valence-corrected chi connectivity index (χ4v) is 4.80. The SMILES string of the molecule is COC(=O)C1CCCC1S(=O)(=O)NCc1ccccc1Br. The summed E-state index contributed by atoms with van der Waals surface area (Å²) < 4.78 is 33.0. The lowest BCUT2D eigenvalue weighted by atomic mass is 10.1. The molecule has 0 aromatic heterocycles. The van der Waals surface area contributed by atoms with Crippen molar-refractivity contribution >= 4 is 31.9 Å². The van der Waals surface area contributed by atoms with Crippen LogP contribution in [0.5, 0.6) is 0 Å². The first-order valence-corrected chi connectivity index (χ1v) is 9.09. The van der Waals surface area contributed by atoms with E-state index in [0.29, 0.717) is 12.8 Å². The van der Waals surface area contributed by atoms with Crippen molar-refractivity contribution in [3.05, 3.63) is 34.3 Å². The van der Waals surface area contributed by atoms with Gasteiger partial charge in [0.25, 0.3) is 0 Å². The Labute approximate surface area is 133 Å².